The number of anilines is 1. The first-order valence-corrected chi connectivity index (χ1v) is 8.29. The first kappa shape index (κ1) is 18.0. The number of methoxy groups -OCH3 is 1. The fraction of sp³-hybridized carbons (Fsp3) is 0.474. The molecule has 0 saturated heterocycles. The molecule has 0 fully saturated rings. The Hall–Kier alpha value is -2.30. The second kappa shape index (κ2) is 7.51. The summed E-state index contributed by atoms with van der Waals surface area (Å²) in [5, 5.41) is 7.52. The van der Waals surface area contributed by atoms with Crippen LogP contribution in [0, 0.1) is 26.7 Å². The number of amides is 1. The lowest BCUT2D eigenvalue weighted by molar-refractivity contribution is -0.115. The number of nitrogens with one attached hydrogen (secondary N) is 1. The fourth-order valence-electron chi connectivity index (χ4n) is 2.79. The average Bonchev–Trinajstić information content (AvgIpc) is 2.74. The average molecular weight is 329 g/mol. The topological polar surface area (TPSA) is 56.1 Å². The number of hydrogen-bond donors (Lipinski definition) is 1. The van der Waals surface area contributed by atoms with Gasteiger partial charge >= 0.3 is 0 Å². The van der Waals surface area contributed by atoms with Crippen LogP contribution in [0.2, 0.25) is 0 Å². The number of ether oxygens (including phenoxy) is 1. The normalized spacial score (nSPS) is 11.0. The molecule has 0 saturated carbocycles. The minimum absolute atomic E-state index is 0.0609. The summed E-state index contributed by atoms with van der Waals surface area (Å²) in [6, 6.07) is 5.74. The molecule has 1 heterocycles. The van der Waals surface area contributed by atoms with E-state index in [9.17, 15) is 4.79 Å². The maximum atomic E-state index is 12.5. The highest BCUT2D eigenvalue weighted by molar-refractivity contribution is 5.94. The van der Waals surface area contributed by atoms with Crippen LogP contribution < -0.4 is 10.1 Å². The summed E-state index contributed by atoms with van der Waals surface area (Å²) in [6.07, 6.45) is 0.312. The third-order valence-electron chi connectivity index (χ3n) is 4.04. The zero-order valence-corrected chi connectivity index (χ0v) is 15.4. The molecular weight excluding hydrogens is 302 g/mol. The maximum absolute atomic E-state index is 12.5. The fourth-order valence-corrected chi connectivity index (χ4v) is 2.79. The van der Waals surface area contributed by atoms with Gasteiger partial charge in [-0.15, -0.1) is 0 Å². The Morgan fingerprint density at radius 3 is 2.62 bits per heavy atom. The molecule has 24 heavy (non-hydrogen) atoms. The smallest absolute Gasteiger partial charge is 0.229 e. The Bertz CT molecular complexity index is 732. The number of rotatable bonds is 6. The lowest BCUT2D eigenvalue weighted by Gasteiger charge is -2.11. The van der Waals surface area contributed by atoms with Crippen LogP contribution in [0.1, 0.15) is 36.4 Å². The van der Waals surface area contributed by atoms with Gasteiger partial charge in [0, 0.05) is 17.8 Å². The van der Waals surface area contributed by atoms with Crippen molar-refractivity contribution in [2.24, 2.45) is 5.92 Å². The van der Waals surface area contributed by atoms with Crippen LogP contribution in [-0.2, 0) is 17.8 Å². The van der Waals surface area contributed by atoms with E-state index in [0.29, 0.717) is 23.8 Å². The Balaban J connectivity index is 2.16. The van der Waals surface area contributed by atoms with Gasteiger partial charge in [0.2, 0.25) is 5.91 Å². The molecule has 1 aromatic heterocycles. The van der Waals surface area contributed by atoms with Crippen molar-refractivity contribution in [2.75, 3.05) is 12.4 Å². The van der Waals surface area contributed by atoms with Gasteiger partial charge in [-0.1, -0.05) is 19.9 Å². The third kappa shape index (κ3) is 4.16. The van der Waals surface area contributed by atoms with E-state index in [0.717, 1.165) is 29.1 Å². The summed E-state index contributed by atoms with van der Waals surface area (Å²) in [6.45, 7) is 11.1. The first-order chi connectivity index (χ1) is 11.3. The molecule has 5 heteroatoms. The minimum atomic E-state index is -0.0609. The molecule has 1 aromatic carbocycles. The Morgan fingerprint density at radius 2 is 2.00 bits per heavy atom. The summed E-state index contributed by atoms with van der Waals surface area (Å²) in [4.78, 5) is 12.5. The third-order valence-corrected chi connectivity index (χ3v) is 4.04. The monoisotopic (exact) mass is 329 g/mol. The number of aryl methyl sites for hydroxylation is 2. The Morgan fingerprint density at radius 1 is 1.29 bits per heavy atom. The summed E-state index contributed by atoms with van der Waals surface area (Å²) >= 11 is 0. The molecular formula is C19H27N3O2. The van der Waals surface area contributed by atoms with E-state index >= 15 is 0 Å². The molecule has 0 unspecified atom stereocenters. The van der Waals surface area contributed by atoms with E-state index in [1.165, 1.54) is 0 Å². The van der Waals surface area contributed by atoms with E-state index in [2.05, 4.69) is 24.3 Å². The van der Waals surface area contributed by atoms with E-state index in [1.54, 1.807) is 7.11 Å². The zero-order valence-electron chi connectivity index (χ0n) is 15.4. The van der Waals surface area contributed by atoms with Gasteiger partial charge in [0.1, 0.15) is 5.75 Å². The molecule has 2 aromatic rings. The van der Waals surface area contributed by atoms with Crippen molar-refractivity contribution in [3.05, 3.63) is 40.7 Å². The molecule has 1 N–H and O–H groups in total. The first-order valence-electron chi connectivity index (χ1n) is 8.29. The highest BCUT2D eigenvalue weighted by Gasteiger charge is 2.16. The minimum Gasteiger partial charge on any atom is -0.495 e. The molecule has 0 aliphatic rings. The van der Waals surface area contributed by atoms with Gasteiger partial charge in [-0.2, -0.15) is 5.10 Å². The lowest BCUT2D eigenvalue weighted by Crippen LogP contribution is -2.16. The van der Waals surface area contributed by atoms with Crippen LogP contribution in [0.5, 0.6) is 5.75 Å². The van der Waals surface area contributed by atoms with Crippen LogP contribution in [-0.4, -0.2) is 22.8 Å². The van der Waals surface area contributed by atoms with Gasteiger partial charge in [-0.25, -0.2) is 0 Å². The summed E-state index contributed by atoms with van der Waals surface area (Å²) < 4.78 is 7.31. The predicted octanol–water partition coefficient (Wildman–Crippen LogP) is 3.65. The molecule has 5 nitrogen and oxygen atoms in total. The van der Waals surface area contributed by atoms with Crippen LogP contribution in [0.25, 0.3) is 0 Å². The van der Waals surface area contributed by atoms with Gasteiger partial charge in [-0.3, -0.25) is 9.48 Å². The van der Waals surface area contributed by atoms with Crippen molar-refractivity contribution in [3.8, 4) is 5.75 Å². The van der Waals surface area contributed by atoms with Gasteiger partial charge in [0.05, 0.1) is 24.9 Å². The number of hydrogen-bond acceptors (Lipinski definition) is 3. The second-order valence-electron chi connectivity index (χ2n) is 6.65. The molecule has 2 rings (SSSR count). The van der Waals surface area contributed by atoms with Crippen molar-refractivity contribution in [1.82, 2.24) is 9.78 Å². The molecule has 130 valence electrons. The number of benzene rings is 1. The van der Waals surface area contributed by atoms with Crippen LogP contribution in [0.15, 0.2) is 18.2 Å². The molecule has 1 amide bonds. The van der Waals surface area contributed by atoms with Gasteiger partial charge in [0.25, 0.3) is 0 Å². The maximum Gasteiger partial charge on any atom is 0.229 e. The van der Waals surface area contributed by atoms with E-state index < -0.39 is 0 Å². The second-order valence-corrected chi connectivity index (χ2v) is 6.65. The van der Waals surface area contributed by atoms with Gasteiger partial charge in [0.15, 0.2) is 0 Å². The predicted molar refractivity (Wildman–Crippen MR) is 96.6 cm³/mol. The van der Waals surface area contributed by atoms with Crippen LogP contribution in [0.4, 0.5) is 5.69 Å². The van der Waals surface area contributed by atoms with Crippen molar-refractivity contribution in [2.45, 2.75) is 47.6 Å². The largest absolute Gasteiger partial charge is 0.495 e. The number of nitrogens with zero attached hydrogens (tertiary/aromatic N) is 2. The molecule has 0 bridgehead atoms. The van der Waals surface area contributed by atoms with E-state index in [1.807, 2.05) is 43.7 Å². The molecule has 0 atom stereocenters. The molecule has 0 aliphatic heterocycles. The van der Waals surface area contributed by atoms with Gasteiger partial charge in [-0.05, 0) is 44.4 Å². The SMILES string of the molecule is COc1ccc(C)cc1NC(=O)Cc1c(C)nn(CC(C)C)c1C. The number of carbonyl (C=O) groups is 1. The van der Waals surface area contributed by atoms with Gasteiger partial charge < -0.3 is 10.1 Å². The summed E-state index contributed by atoms with van der Waals surface area (Å²) in [5.74, 6) is 1.12. The highest BCUT2D eigenvalue weighted by atomic mass is 16.5. The Labute approximate surface area is 144 Å². The van der Waals surface area contributed by atoms with E-state index in [-0.39, 0.29) is 5.91 Å². The van der Waals surface area contributed by atoms with Crippen LogP contribution >= 0.6 is 0 Å². The number of carbonyl (C=O) groups excluding carboxylic acids is 1. The standard InChI is InChI=1S/C19H27N3O2/c1-12(2)11-22-15(5)16(14(4)21-22)10-19(23)20-17-9-13(3)7-8-18(17)24-6/h7-9,12H,10-11H2,1-6H3,(H,20,23). The molecule has 0 spiro atoms. The van der Waals surface area contributed by atoms with Crippen molar-refractivity contribution >= 4 is 11.6 Å². The van der Waals surface area contributed by atoms with Crippen molar-refractivity contribution in [1.29, 1.82) is 0 Å². The zero-order chi connectivity index (χ0) is 17.9. The Kier molecular flexibility index (Phi) is 5.65. The summed E-state index contributed by atoms with van der Waals surface area (Å²) in [5.41, 5.74) is 4.75. The molecule has 0 radical (unpaired) electrons. The lowest BCUT2D eigenvalue weighted by atomic mass is 10.1. The van der Waals surface area contributed by atoms with E-state index in [4.69, 9.17) is 4.74 Å². The van der Waals surface area contributed by atoms with Crippen LogP contribution in [0.3, 0.4) is 0 Å². The quantitative estimate of drug-likeness (QED) is 0.880. The van der Waals surface area contributed by atoms with Crippen molar-refractivity contribution in [3.63, 3.8) is 0 Å². The van der Waals surface area contributed by atoms with Crippen molar-refractivity contribution < 1.29 is 9.53 Å². The summed E-state index contributed by atoms with van der Waals surface area (Å²) in [7, 11) is 1.60. The molecule has 0 aliphatic carbocycles. The number of aromatic nitrogens is 2. The highest BCUT2D eigenvalue weighted by Crippen LogP contribution is 2.25.